The third-order valence-electron chi connectivity index (χ3n) is 2.77. The molecule has 14 heavy (non-hydrogen) atoms. The van der Waals surface area contributed by atoms with E-state index in [2.05, 4.69) is 19.2 Å². The van der Waals surface area contributed by atoms with Crippen molar-refractivity contribution in [3.8, 4) is 0 Å². The van der Waals surface area contributed by atoms with Gasteiger partial charge in [-0.3, -0.25) is 0 Å². The molecule has 0 aliphatic heterocycles. The van der Waals surface area contributed by atoms with Gasteiger partial charge in [-0.05, 0) is 25.7 Å². The lowest BCUT2D eigenvalue weighted by Gasteiger charge is -2.13. The van der Waals surface area contributed by atoms with Crippen molar-refractivity contribution in [1.29, 1.82) is 0 Å². The van der Waals surface area contributed by atoms with Gasteiger partial charge in [0, 0.05) is 19.2 Å². The van der Waals surface area contributed by atoms with E-state index in [4.69, 9.17) is 4.74 Å². The summed E-state index contributed by atoms with van der Waals surface area (Å²) in [5, 5.41) is 3.51. The maximum atomic E-state index is 5.48. The van der Waals surface area contributed by atoms with Crippen LogP contribution in [0.4, 0.5) is 0 Å². The first-order chi connectivity index (χ1) is 6.83. The summed E-state index contributed by atoms with van der Waals surface area (Å²) < 4.78 is 5.48. The van der Waals surface area contributed by atoms with Crippen LogP contribution in [0.25, 0.3) is 0 Å². The molecule has 0 radical (unpaired) electrons. The van der Waals surface area contributed by atoms with Gasteiger partial charge in [0.1, 0.15) is 0 Å². The molecule has 1 atom stereocenters. The average molecular weight is 199 g/mol. The van der Waals surface area contributed by atoms with Gasteiger partial charge < -0.3 is 10.1 Å². The van der Waals surface area contributed by atoms with E-state index in [1.807, 2.05) is 0 Å². The van der Waals surface area contributed by atoms with E-state index in [1.54, 1.807) is 0 Å². The predicted molar refractivity (Wildman–Crippen MR) is 60.5 cm³/mol. The molecule has 0 spiro atoms. The van der Waals surface area contributed by atoms with E-state index in [-0.39, 0.29) is 0 Å². The largest absolute Gasteiger partial charge is 0.380 e. The zero-order valence-corrected chi connectivity index (χ0v) is 9.72. The molecule has 1 N–H and O–H groups in total. The van der Waals surface area contributed by atoms with Crippen LogP contribution >= 0.6 is 0 Å². The fourth-order valence-electron chi connectivity index (χ4n) is 1.66. The topological polar surface area (TPSA) is 21.3 Å². The van der Waals surface area contributed by atoms with Gasteiger partial charge in [0.2, 0.25) is 0 Å². The van der Waals surface area contributed by atoms with Crippen molar-refractivity contribution in [2.24, 2.45) is 5.92 Å². The minimum absolute atomic E-state index is 0.678. The van der Waals surface area contributed by atoms with Crippen molar-refractivity contribution in [2.45, 2.75) is 52.0 Å². The first-order valence-electron chi connectivity index (χ1n) is 6.14. The fraction of sp³-hybridized carbons (Fsp3) is 1.00. The highest BCUT2D eigenvalue weighted by Crippen LogP contribution is 2.33. The molecular weight excluding hydrogens is 174 g/mol. The quantitative estimate of drug-likeness (QED) is 0.576. The van der Waals surface area contributed by atoms with Crippen molar-refractivity contribution >= 4 is 0 Å². The molecule has 1 rings (SSSR count). The summed E-state index contributed by atoms with van der Waals surface area (Å²) >= 11 is 0. The van der Waals surface area contributed by atoms with E-state index >= 15 is 0 Å². The van der Waals surface area contributed by atoms with E-state index in [0.717, 1.165) is 25.7 Å². The molecule has 2 heteroatoms. The van der Waals surface area contributed by atoms with Crippen LogP contribution in [0.1, 0.15) is 46.0 Å². The van der Waals surface area contributed by atoms with Crippen LogP contribution in [-0.2, 0) is 4.74 Å². The summed E-state index contributed by atoms with van der Waals surface area (Å²) in [5.74, 6) is 1.03. The first kappa shape index (κ1) is 12.0. The molecule has 0 bridgehead atoms. The third-order valence-corrected chi connectivity index (χ3v) is 2.77. The molecule has 1 aliphatic rings. The normalized spacial score (nSPS) is 18.4. The van der Waals surface area contributed by atoms with Crippen molar-refractivity contribution < 1.29 is 4.74 Å². The Labute approximate surface area is 88.4 Å². The van der Waals surface area contributed by atoms with E-state index in [0.29, 0.717) is 6.04 Å². The molecule has 0 aromatic carbocycles. The van der Waals surface area contributed by atoms with Crippen molar-refractivity contribution in [3.63, 3.8) is 0 Å². The van der Waals surface area contributed by atoms with Gasteiger partial charge in [0.25, 0.3) is 0 Å². The summed E-state index contributed by atoms with van der Waals surface area (Å²) in [6.07, 6.45) is 6.69. The average Bonchev–Trinajstić information content (AvgIpc) is 2.95. The smallest absolute Gasteiger partial charge is 0.0590 e. The van der Waals surface area contributed by atoms with Crippen LogP contribution in [0.2, 0.25) is 0 Å². The van der Waals surface area contributed by atoms with Gasteiger partial charge in [0.05, 0.1) is 6.61 Å². The highest BCUT2D eigenvalue weighted by molar-refractivity contribution is 4.77. The summed E-state index contributed by atoms with van der Waals surface area (Å²) in [5.41, 5.74) is 0. The first-order valence-corrected chi connectivity index (χ1v) is 6.14. The second kappa shape index (κ2) is 7.24. The van der Waals surface area contributed by atoms with Crippen LogP contribution in [0.3, 0.4) is 0 Å². The molecule has 0 aromatic heterocycles. The maximum Gasteiger partial charge on any atom is 0.0590 e. The van der Waals surface area contributed by atoms with E-state index < -0.39 is 0 Å². The molecule has 1 saturated carbocycles. The second-order valence-corrected chi connectivity index (χ2v) is 4.50. The van der Waals surface area contributed by atoms with Crippen molar-refractivity contribution in [1.82, 2.24) is 5.32 Å². The van der Waals surface area contributed by atoms with Crippen LogP contribution in [0, 0.1) is 5.92 Å². The van der Waals surface area contributed by atoms with Crippen LogP contribution in [0.15, 0.2) is 0 Å². The molecule has 0 saturated heterocycles. The number of ether oxygens (including phenoxy) is 1. The monoisotopic (exact) mass is 199 g/mol. The molecular formula is C12H25NO. The second-order valence-electron chi connectivity index (χ2n) is 4.50. The van der Waals surface area contributed by atoms with Gasteiger partial charge in [0.15, 0.2) is 0 Å². The summed E-state index contributed by atoms with van der Waals surface area (Å²) in [4.78, 5) is 0. The van der Waals surface area contributed by atoms with Gasteiger partial charge >= 0.3 is 0 Å². The van der Waals surface area contributed by atoms with Gasteiger partial charge in [-0.2, -0.15) is 0 Å². The zero-order chi connectivity index (χ0) is 10.2. The van der Waals surface area contributed by atoms with Crippen LogP contribution in [-0.4, -0.2) is 25.8 Å². The Hall–Kier alpha value is -0.0800. The highest BCUT2D eigenvalue weighted by Gasteiger charge is 2.22. The Bertz CT molecular complexity index is 134. The number of hydrogen-bond acceptors (Lipinski definition) is 2. The minimum atomic E-state index is 0.678. The summed E-state index contributed by atoms with van der Waals surface area (Å²) in [6.45, 7) is 7.28. The summed E-state index contributed by atoms with van der Waals surface area (Å²) in [7, 11) is 0. The highest BCUT2D eigenvalue weighted by atomic mass is 16.5. The molecule has 1 unspecified atom stereocenters. The molecule has 2 nitrogen and oxygen atoms in total. The lowest BCUT2D eigenvalue weighted by atomic mass is 10.2. The standard InChI is InChI=1S/C12H25NO/c1-3-4-8-14-9-7-13-11(2)10-12-5-6-12/h11-13H,3-10H2,1-2H3. The van der Waals surface area contributed by atoms with Gasteiger partial charge in [-0.1, -0.05) is 26.2 Å². The van der Waals surface area contributed by atoms with E-state index in [1.165, 1.54) is 32.1 Å². The maximum absolute atomic E-state index is 5.48. The number of nitrogens with one attached hydrogen (secondary N) is 1. The number of rotatable bonds is 9. The Morgan fingerprint density at radius 3 is 2.79 bits per heavy atom. The molecule has 84 valence electrons. The zero-order valence-electron chi connectivity index (χ0n) is 9.72. The number of hydrogen-bond donors (Lipinski definition) is 1. The summed E-state index contributed by atoms with van der Waals surface area (Å²) in [6, 6.07) is 0.678. The molecule has 1 fully saturated rings. The lowest BCUT2D eigenvalue weighted by Crippen LogP contribution is -2.29. The van der Waals surface area contributed by atoms with Crippen molar-refractivity contribution in [2.75, 3.05) is 19.8 Å². The third kappa shape index (κ3) is 6.39. The molecule has 1 aliphatic carbocycles. The Morgan fingerprint density at radius 2 is 2.14 bits per heavy atom. The minimum Gasteiger partial charge on any atom is -0.380 e. The van der Waals surface area contributed by atoms with Crippen LogP contribution < -0.4 is 5.32 Å². The lowest BCUT2D eigenvalue weighted by molar-refractivity contribution is 0.131. The van der Waals surface area contributed by atoms with Crippen molar-refractivity contribution in [3.05, 3.63) is 0 Å². The fourth-order valence-corrected chi connectivity index (χ4v) is 1.66. The van der Waals surface area contributed by atoms with Gasteiger partial charge in [-0.15, -0.1) is 0 Å². The molecule has 0 amide bonds. The SMILES string of the molecule is CCCCOCCNC(C)CC1CC1. The van der Waals surface area contributed by atoms with E-state index in [9.17, 15) is 0 Å². The Balaban J connectivity index is 1.77. The molecule has 0 aromatic rings. The Kier molecular flexibility index (Phi) is 6.20. The van der Waals surface area contributed by atoms with Crippen LogP contribution in [0.5, 0.6) is 0 Å². The molecule has 0 heterocycles. The predicted octanol–water partition coefficient (Wildman–Crippen LogP) is 2.58. The Morgan fingerprint density at radius 1 is 1.36 bits per heavy atom. The van der Waals surface area contributed by atoms with Gasteiger partial charge in [-0.25, -0.2) is 0 Å². The number of unbranched alkanes of at least 4 members (excludes halogenated alkanes) is 1.